The van der Waals surface area contributed by atoms with Gasteiger partial charge in [0, 0.05) is 7.05 Å². The first kappa shape index (κ1) is 16.3. The second kappa shape index (κ2) is 6.92. The van der Waals surface area contributed by atoms with Gasteiger partial charge in [0.05, 0.1) is 17.9 Å². The molecule has 0 aliphatic carbocycles. The molecule has 0 bridgehead atoms. The smallest absolute Gasteiger partial charge is 0.316 e. The summed E-state index contributed by atoms with van der Waals surface area (Å²) in [6, 6.07) is 11.4. The van der Waals surface area contributed by atoms with E-state index < -0.39 is 0 Å². The van der Waals surface area contributed by atoms with Crippen LogP contribution in [-0.2, 0) is 16.6 Å². The number of esters is 1. The zero-order valence-electron chi connectivity index (χ0n) is 13.4. The standard InChI is InChI=1S/C17H17N3O3S/c1-3-23-15(22)10-24-17-19-18-16(20(17)2)13-8-11-6-4-5-7-12(11)9-14(13)21/h4-9,21H,3,10H2,1-2H3. The number of aromatic hydroxyl groups is 1. The highest BCUT2D eigenvalue weighted by Crippen LogP contribution is 2.33. The van der Waals surface area contributed by atoms with Crippen molar-refractivity contribution >= 4 is 28.5 Å². The first-order valence-corrected chi connectivity index (χ1v) is 8.48. The Hall–Kier alpha value is -2.54. The van der Waals surface area contributed by atoms with Gasteiger partial charge in [-0.05, 0) is 29.8 Å². The van der Waals surface area contributed by atoms with Crippen molar-refractivity contribution in [3.63, 3.8) is 0 Å². The van der Waals surface area contributed by atoms with Crippen LogP contribution in [0.25, 0.3) is 22.2 Å². The number of carbonyl (C=O) groups excluding carboxylic acids is 1. The molecule has 0 fully saturated rings. The van der Waals surface area contributed by atoms with Crippen LogP contribution in [0.3, 0.4) is 0 Å². The van der Waals surface area contributed by atoms with Gasteiger partial charge in [0.1, 0.15) is 5.75 Å². The van der Waals surface area contributed by atoms with Gasteiger partial charge in [-0.15, -0.1) is 10.2 Å². The number of hydrogen-bond acceptors (Lipinski definition) is 6. The Morgan fingerprint density at radius 1 is 1.25 bits per heavy atom. The van der Waals surface area contributed by atoms with Gasteiger partial charge in [0.15, 0.2) is 11.0 Å². The molecule has 0 saturated heterocycles. The van der Waals surface area contributed by atoms with Gasteiger partial charge < -0.3 is 14.4 Å². The predicted octanol–water partition coefficient (Wildman–Crippen LogP) is 3.00. The second-order valence-electron chi connectivity index (χ2n) is 5.18. The minimum Gasteiger partial charge on any atom is -0.507 e. The van der Waals surface area contributed by atoms with E-state index in [2.05, 4.69) is 10.2 Å². The molecule has 0 unspecified atom stereocenters. The maximum atomic E-state index is 11.5. The molecule has 0 amide bonds. The Balaban J connectivity index is 1.90. The van der Waals surface area contributed by atoms with Crippen molar-refractivity contribution in [2.45, 2.75) is 12.1 Å². The molecule has 1 aromatic heterocycles. The number of thioether (sulfide) groups is 1. The van der Waals surface area contributed by atoms with E-state index in [-0.39, 0.29) is 17.5 Å². The normalized spacial score (nSPS) is 10.9. The van der Waals surface area contributed by atoms with Crippen molar-refractivity contribution in [2.24, 2.45) is 7.05 Å². The highest BCUT2D eigenvalue weighted by atomic mass is 32.2. The van der Waals surface area contributed by atoms with Crippen LogP contribution >= 0.6 is 11.8 Å². The number of ether oxygens (including phenoxy) is 1. The third-order valence-electron chi connectivity index (χ3n) is 3.56. The van der Waals surface area contributed by atoms with Crippen molar-refractivity contribution in [1.29, 1.82) is 0 Å². The molecule has 24 heavy (non-hydrogen) atoms. The number of rotatable bonds is 5. The fourth-order valence-electron chi connectivity index (χ4n) is 2.41. The van der Waals surface area contributed by atoms with Crippen LogP contribution in [0.15, 0.2) is 41.6 Å². The number of phenolic OH excluding ortho intramolecular Hbond substituents is 1. The van der Waals surface area contributed by atoms with E-state index in [1.54, 1.807) is 24.6 Å². The van der Waals surface area contributed by atoms with E-state index in [1.807, 2.05) is 30.3 Å². The summed E-state index contributed by atoms with van der Waals surface area (Å²) in [5, 5.41) is 21.1. The Morgan fingerprint density at radius 3 is 2.67 bits per heavy atom. The molecule has 1 N–H and O–H groups in total. The summed E-state index contributed by atoms with van der Waals surface area (Å²) in [7, 11) is 1.80. The van der Waals surface area contributed by atoms with Gasteiger partial charge in [-0.3, -0.25) is 4.79 Å². The summed E-state index contributed by atoms with van der Waals surface area (Å²) in [4.78, 5) is 11.5. The Morgan fingerprint density at radius 2 is 1.96 bits per heavy atom. The summed E-state index contributed by atoms with van der Waals surface area (Å²) in [5.74, 6) is 0.570. The molecule has 0 spiro atoms. The lowest BCUT2D eigenvalue weighted by Crippen LogP contribution is -2.07. The molecule has 0 aliphatic heterocycles. The Bertz CT molecular complexity index is 892. The predicted molar refractivity (Wildman–Crippen MR) is 93.0 cm³/mol. The van der Waals surface area contributed by atoms with E-state index >= 15 is 0 Å². The summed E-state index contributed by atoms with van der Waals surface area (Å²) in [6.45, 7) is 2.12. The van der Waals surface area contributed by atoms with Crippen LogP contribution in [0.1, 0.15) is 6.92 Å². The number of aromatic nitrogens is 3. The molecule has 2 aromatic carbocycles. The number of nitrogens with zero attached hydrogens (tertiary/aromatic N) is 3. The third kappa shape index (κ3) is 3.21. The molecule has 7 heteroatoms. The number of benzene rings is 2. The number of hydrogen-bond donors (Lipinski definition) is 1. The fraction of sp³-hybridized carbons (Fsp3) is 0.235. The average molecular weight is 343 g/mol. The molecule has 3 aromatic rings. The van der Waals surface area contributed by atoms with Gasteiger partial charge >= 0.3 is 5.97 Å². The highest BCUT2D eigenvalue weighted by Gasteiger charge is 2.16. The van der Waals surface area contributed by atoms with Gasteiger partial charge in [0.2, 0.25) is 0 Å². The zero-order chi connectivity index (χ0) is 17.1. The average Bonchev–Trinajstić information content (AvgIpc) is 2.93. The van der Waals surface area contributed by atoms with Crippen LogP contribution in [0.5, 0.6) is 5.75 Å². The van der Waals surface area contributed by atoms with Crippen LogP contribution < -0.4 is 0 Å². The van der Waals surface area contributed by atoms with E-state index in [1.165, 1.54) is 11.8 Å². The fourth-order valence-corrected chi connectivity index (χ4v) is 3.12. The summed E-state index contributed by atoms with van der Waals surface area (Å²) in [6.07, 6.45) is 0. The number of phenols is 1. The van der Waals surface area contributed by atoms with Crippen LogP contribution in [0, 0.1) is 0 Å². The summed E-state index contributed by atoms with van der Waals surface area (Å²) >= 11 is 1.25. The van der Waals surface area contributed by atoms with Gasteiger partial charge in [-0.2, -0.15) is 0 Å². The first-order chi connectivity index (χ1) is 11.6. The lowest BCUT2D eigenvalue weighted by Gasteiger charge is -2.07. The summed E-state index contributed by atoms with van der Waals surface area (Å²) < 4.78 is 6.66. The first-order valence-electron chi connectivity index (χ1n) is 7.50. The molecule has 6 nitrogen and oxygen atoms in total. The van der Waals surface area contributed by atoms with Crippen LogP contribution in [-0.4, -0.2) is 38.2 Å². The van der Waals surface area contributed by atoms with Crippen molar-refractivity contribution in [3.05, 3.63) is 36.4 Å². The van der Waals surface area contributed by atoms with E-state index in [0.717, 1.165) is 10.8 Å². The SMILES string of the molecule is CCOC(=O)CSc1nnc(-c2cc3ccccc3cc2O)n1C. The largest absolute Gasteiger partial charge is 0.507 e. The second-order valence-corrected chi connectivity index (χ2v) is 6.12. The van der Waals surface area contributed by atoms with Crippen molar-refractivity contribution < 1.29 is 14.6 Å². The van der Waals surface area contributed by atoms with E-state index in [0.29, 0.717) is 23.2 Å². The molecule has 0 radical (unpaired) electrons. The van der Waals surface area contributed by atoms with Crippen molar-refractivity contribution in [1.82, 2.24) is 14.8 Å². The quantitative estimate of drug-likeness (QED) is 0.567. The van der Waals surface area contributed by atoms with Crippen molar-refractivity contribution in [2.75, 3.05) is 12.4 Å². The lowest BCUT2D eigenvalue weighted by atomic mass is 10.1. The van der Waals surface area contributed by atoms with Crippen LogP contribution in [0.2, 0.25) is 0 Å². The number of fused-ring (bicyclic) bond motifs is 1. The minimum atomic E-state index is -0.291. The van der Waals surface area contributed by atoms with Gasteiger partial charge in [-0.1, -0.05) is 36.0 Å². The van der Waals surface area contributed by atoms with Crippen LogP contribution in [0.4, 0.5) is 0 Å². The molecular weight excluding hydrogens is 326 g/mol. The molecule has 0 saturated carbocycles. The maximum absolute atomic E-state index is 11.5. The third-order valence-corrected chi connectivity index (χ3v) is 4.56. The molecule has 3 rings (SSSR count). The highest BCUT2D eigenvalue weighted by molar-refractivity contribution is 7.99. The maximum Gasteiger partial charge on any atom is 0.316 e. The molecule has 124 valence electrons. The number of carbonyl (C=O) groups is 1. The lowest BCUT2D eigenvalue weighted by molar-refractivity contribution is -0.139. The van der Waals surface area contributed by atoms with Gasteiger partial charge in [0.25, 0.3) is 0 Å². The molecular formula is C17H17N3O3S. The Labute approximate surface area is 143 Å². The topological polar surface area (TPSA) is 77.2 Å². The molecule has 0 atom stereocenters. The monoisotopic (exact) mass is 343 g/mol. The summed E-state index contributed by atoms with van der Waals surface area (Å²) in [5.41, 5.74) is 0.603. The van der Waals surface area contributed by atoms with Crippen molar-refractivity contribution in [3.8, 4) is 17.1 Å². The minimum absolute atomic E-state index is 0.145. The van der Waals surface area contributed by atoms with Gasteiger partial charge in [-0.25, -0.2) is 0 Å². The Kier molecular flexibility index (Phi) is 4.71. The molecule has 0 aliphatic rings. The zero-order valence-corrected chi connectivity index (χ0v) is 14.2. The van der Waals surface area contributed by atoms with E-state index in [9.17, 15) is 9.90 Å². The van der Waals surface area contributed by atoms with E-state index in [4.69, 9.17) is 4.74 Å². The molecule has 1 heterocycles.